The third-order valence-corrected chi connectivity index (χ3v) is 5.21. The SMILES string of the molecule is O=C(Cc1ccc(F)cc1Cl)NCCC1CCN(Cc2ccccc2)C1. The van der Waals surface area contributed by atoms with E-state index in [2.05, 4.69) is 34.5 Å². The Hall–Kier alpha value is -1.91. The van der Waals surface area contributed by atoms with Gasteiger partial charge in [-0.3, -0.25) is 9.69 Å². The molecule has 1 saturated heterocycles. The third kappa shape index (κ3) is 5.55. The monoisotopic (exact) mass is 374 g/mol. The number of hydrogen-bond donors (Lipinski definition) is 1. The zero-order chi connectivity index (χ0) is 18.4. The standard InChI is InChI=1S/C21H24ClFN2O/c22-20-13-19(23)7-6-18(20)12-21(26)24-10-8-17-9-11-25(15-17)14-16-4-2-1-3-5-16/h1-7,13,17H,8-12,14-15H2,(H,24,26). The van der Waals surface area contributed by atoms with E-state index in [-0.39, 0.29) is 18.1 Å². The summed E-state index contributed by atoms with van der Waals surface area (Å²) in [6.45, 7) is 3.85. The van der Waals surface area contributed by atoms with Crippen molar-refractivity contribution < 1.29 is 9.18 Å². The van der Waals surface area contributed by atoms with Gasteiger partial charge in [0.1, 0.15) is 5.82 Å². The molecule has 0 radical (unpaired) electrons. The Morgan fingerprint density at radius 2 is 2.04 bits per heavy atom. The van der Waals surface area contributed by atoms with Crippen LogP contribution < -0.4 is 5.32 Å². The minimum atomic E-state index is -0.388. The molecule has 26 heavy (non-hydrogen) atoms. The summed E-state index contributed by atoms with van der Waals surface area (Å²) in [6, 6.07) is 14.6. The zero-order valence-corrected chi connectivity index (χ0v) is 15.5. The number of carbonyl (C=O) groups excluding carboxylic acids is 1. The molecule has 138 valence electrons. The Bertz CT molecular complexity index is 738. The molecule has 3 rings (SSSR count). The molecular weight excluding hydrogens is 351 g/mol. The summed E-state index contributed by atoms with van der Waals surface area (Å²) in [5.74, 6) is 0.159. The van der Waals surface area contributed by atoms with Crippen molar-refractivity contribution in [3.63, 3.8) is 0 Å². The first kappa shape index (κ1) is 18.9. The Morgan fingerprint density at radius 3 is 2.81 bits per heavy atom. The maximum Gasteiger partial charge on any atom is 0.224 e. The molecule has 0 aliphatic carbocycles. The lowest BCUT2D eigenvalue weighted by Gasteiger charge is -2.16. The average Bonchev–Trinajstić information content (AvgIpc) is 3.05. The van der Waals surface area contributed by atoms with Crippen molar-refractivity contribution >= 4 is 17.5 Å². The van der Waals surface area contributed by atoms with E-state index in [9.17, 15) is 9.18 Å². The molecule has 1 aliphatic rings. The summed E-state index contributed by atoms with van der Waals surface area (Å²) in [7, 11) is 0. The van der Waals surface area contributed by atoms with Crippen LogP contribution in [0.25, 0.3) is 0 Å². The number of rotatable bonds is 7. The van der Waals surface area contributed by atoms with Crippen LogP contribution in [-0.4, -0.2) is 30.4 Å². The number of likely N-dealkylation sites (tertiary alicyclic amines) is 1. The van der Waals surface area contributed by atoms with Crippen LogP contribution in [0, 0.1) is 11.7 Å². The van der Waals surface area contributed by atoms with Crippen LogP contribution >= 0.6 is 11.6 Å². The van der Waals surface area contributed by atoms with Crippen LogP contribution in [0.4, 0.5) is 4.39 Å². The van der Waals surface area contributed by atoms with Gasteiger partial charge in [-0.1, -0.05) is 48.0 Å². The first-order chi connectivity index (χ1) is 12.6. The van der Waals surface area contributed by atoms with Crippen molar-refractivity contribution in [2.45, 2.75) is 25.8 Å². The summed E-state index contributed by atoms with van der Waals surface area (Å²) in [4.78, 5) is 14.5. The second-order valence-corrected chi connectivity index (χ2v) is 7.33. The van der Waals surface area contributed by atoms with Crippen molar-refractivity contribution in [3.05, 3.63) is 70.5 Å². The highest BCUT2D eigenvalue weighted by Crippen LogP contribution is 2.21. The molecule has 0 bridgehead atoms. The Balaban J connectivity index is 1.36. The van der Waals surface area contributed by atoms with Crippen molar-refractivity contribution in [3.8, 4) is 0 Å². The predicted octanol–water partition coefficient (Wildman–Crippen LogP) is 4.05. The molecule has 1 aliphatic heterocycles. The van der Waals surface area contributed by atoms with E-state index in [0.29, 0.717) is 23.0 Å². The lowest BCUT2D eigenvalue weighted by molar-refractivity contribution is -0.120. The van der Waals surface area contributed by atoms with Gasteiger partial charge in [-0.05, 0) is 48.6 Å². The van der Waals surface area contributed by atoms with Crippen LogP contribution in [0.3, 0.4) is 0 Å². The summed E-state index contributed by atoms with van der Waals surface area (Å²) in [6.07, 6.45) is 2.34. The molecule has 1 atom stereocenters. The van der Waals surface area contributed by atoms with Crippen molar-refractivity contribution in [1.29, 1.82) is 0 Å². The average molecular weight is 375 g/mol. The van der Waals surface area contributed by atoms with Gasteiger partial charge >= 0.3 is 0 Å². The molecule has 2 aromatic rings. The molecule has 1 heterocycles. The second kappa shape index (κ2) is 9.15. The van der Waals surface area contributed by atoms with Crippen LogP contribution in [0.1, 0.15) is 24.0 Å². The molecular formula is C21H24ClFN2O. The zero-order valence-electron chi connectivity index (χ0n) is 14.8. The van der Waals surface area contributed by atoms with Crippen LogP contribution in [0.5, 0.6) is 0 Å². The van der Waals surface area contributed by atoms with Gasteiger partial charge in [0, 0.05) is 24.7 Å². The first-order valence-electron chi connectivity index (χ1n) is 9.07. The molecule has 5 heteroatoms. The maximum atomic E-state index is 13.0. The number of amides is 1. The first-order valence-corrected chi connectivity index (χ1v) is 9.45. The predicted molar refractivity (Wildman–Crippen MR) is 103 cm³/mol. The van der Waals surface area contributed by atoms with E-state index in [0.717, 1.165) is 26.1 Å². The highest BCUT2D eigenvalue weighted by molar-refractivity contribution is 6.31. The highest BCUT2D eigenvalue weighted by Gasteiger charge is 2.22. The van der Waals surface area contributed by atoms with Crippen LogP contribution in [-0.2, 0) is 17.8 Å². The fraction of sp³-hybridized carbons (Fsp3) is 0.381. The smallest absolute Gasteiger partial charge is 0.224 e. The number of nitrogens with one attached hydrogen (secondary N) is 1. The number of carbonyl (C=O) groups is 1. The third-order valence-electron chi connectivity index (χ3n) is 4.86. The van der Waals surface area contributed by atoms with E-state index < -0.39 is 0 Å². The van der Waals surface area contributed by atoms with Gasteiger partial charge in [-0.2, -0.15) is 0 Å². The maximum absolute atomic E-state index is 13.0. The van der Waals surface area contributed by atoms with Crippen LogP contribution in [0.15, 0.2) is 48.5 Å². The summed E-state index contributed by atoms with van der Waals surface area (Å²) >= 11 is 5.97. The molecule has 1 N–H and O–H groups in total. The summed E-state index contributed by atoms with van der Waals surface area (Å²) < 4.78 is 13.0. The molecule has 0 saturated carbocycles. The lowest BCUT2D eigenvalue weighted by Crippen LogP contribution is -2.28. The van der Waals surface area contributed by atoms with Gasteiger partial charge < -0.3 is 5.32 Å². The van der Waals surface area contributed by atoms with Crippen molar-refractivity contribution in [2.75, 3.05) is 19.6 Å². The van der Waals surface area contributed by atoms with E-state index in [1.54, 1.807) is 6.07 Å². The molecule has 0 spiro atoms. The van der Waals surface area contributed by atoms with Crippen LogP contribution in [0.2, 0.25) is 5.02 Å². The second-order valence-electron chi connectivity index (χ2n) is 6.93. The fourth-order valence-corrected chi connectivity index (χ4v) is 3.68. The molecule has 1 fully saturated rings. The molecule has 2 aromatic carbocycles. The minimum Gasteiger partial charge on any atom is -0.356 e. The van der Waals surface area contributed by atoms with Crippen molar-refractivity contribution in [1.82, 2.24) is 10.2 Å². The number of benzene rings is 2. The Labute approximate surface area is 159 Å². The van der Waals surface area contributed by atoms with E-state index in [1.807, 2.05) is 6.07 Å². The quantitative estimate of drug-likeness (QED) is 0.793. The molecule has 0 aromatic heterocycles. The van der Waals surface area contributed by atoms with Gasteiger partial charge in [-0.25, -0.2) is 4.39 Å². The largest absolute Gasteiger partial charge is 0.356 e. The number of nitrogens with zero attached hydrogens (tertiary/aromatic N) is 1. The van der Waals surface area contributed by atoms with E-state index >= 15 is 0 Å². The molecule has 1 amide bonds. The topological polar surface area (TPSA) is 32.3 Å². The molecule has 3 nitrogen and oxygen atoms in total. The number of hydrogen-bond acceptors (Lipinski definition) is 2. The normalized spacial score (nSPS) is 17.4. The molecule has 1 unspecified atom stereocenters. The van der Waals surface area contributed by atoms with Crippen molar-refractivity contribution in [2.24, 2.45) is 5.92 Å². The Kier molecular flexibility index (Phi) is 6.64. The van der Waals surface area contributed by atoms with E-state index in [4.69, 9.17) is 11.6 Å². The minimum absolute atomic E-state index is 0.0716. The van der Waals surface area contributed by atoms with Gasteiger partial charge in [0.25, 0.3) is 0 Å². The van der Waals surface area contributed by atoms with Gasteiger partial charge in [0.2, 0.25) is 5.91 Å². The van der Waals surface area contributed by atoms with Gasteiger partial charge in [-0.15, -0.1) is 0 Å². The lowest BCUT2D eigenvalue weighted by atomic mass is 10.1. The summed E-state index contributed by atoms with van der Waals surface area (Å²) in [5.41, 5.74) is 2.00. The highest BCUT2D eigenvalue weighted by atomic mass is 35.5. The van der Waals surface area contributed by atoms with Gasteiger partial charge in [0.05, 0.1) is 6.42 Å². The Morgan fingerprint density at radius 1 is 1.23 bits per heavy atom. The number of halogens is 2. The summed E-state index contributed by atoms with van der Waals surface area (Å²) in [5, 5.41) is 3.25. The fourth-order valence-electron chi connectivity index (χ4n) is 3.45. The van der Waals surface area contributed by atoms with E-state index in [1.165, 1.54) is 24.1 Å². The van der Waals surface area contributed by atoms with Gasteiger partial charge in [0.15, 0.2) is 0 Å².